The Bertz CT molecular complexity index is 492. The summed E-state index contributed by atoms with van der Waals surface area (Å²) in [6.07, 6.45) is 0. The smallest absolute Gasteiger partial charge is 0.127 e. The van der Waals surface area contributed by atoms with Gasteiger partial charge < -0.3 is 5.32 Å². The molecule has 0 unspecified atom stereocenters. The average molecular weight is 234 g/mol. The summed E-state index contributed by atoms with van der Waals surface area (Å²) in [4.78, 5) is 4.45. The first-order valence-corrected chi connectivity index (χ1v) is 5.84. The Morgan fingerprint density at radius 1 is 1.38 bits per heavy atom. The molecule has 0 amide bonds. The van der Waals surface area contributed by atoms with Crippen LogP contribution in [0.25, 0.3) is 0 Å². The summed E-state index contributed by atoms with van der Waals surface area (Å²) in [6.45, 7) is 1.99. The number of nitrogens with zero attached hydrogens (tertiary/aromatic N) is 3. The van der Waals surface area contributed by atoms with Crippen LogP contribution in [0.1, 0.15) is 5.69 Å². The number of nitrogens with one attached hydrogen (secondary N) is 1. The molecule has 0 aliphatic heterocycles. The second-order valence-electron chi connectivity index (χ2n) is 3.46. The molecule has 4 nitrogen and oxygen atoms in total. The van der Waals surface area contributed by atoms with Crippen LogP contribution >= 0.6 is 11.8 Å². The standard InChI is InChI=1S/C11H14N4S/c1-8-7-11(15(3)14-8)16-10-6-4-5-9(12-2)13-10/h4-7H,1-3H3,(H,12,13). The van der Waals surface area contributed by atoms with E-state index in [1.165, 1.54) is 0 Å². The zero-order valence-corrected chi connectivity index (χ0v) is 10.4. The van der Waals surface area contributed by atoms with Gasteiger partial charge in [0.05, 0.1) is 5.69 Å². The summed E-state index contributed by atoms with van der Waals surface area (Å²) >= 11 is 1.61. The van der Waals surface area contributed by atoms with E-state index >= 15 is 0 Å². The number of pyridine rings is 1. The van der Waals surface area contributed by atoms with Crippen molar-refractivity contribution in [2.75, 3.05) is 12.4 Å². The van der Waals surface area contributed by atoms with Crippen molar-refractivity contribution in [1.82, 2.24) is 14.8 Å². The van der Waals surface area contributed by atoms with Crippen LogP contribution in [-0.4, -0.2) is 21.8 Å². The molecule has 0 spiro atoms. The molecule has 0 aliphatic carbocycles. The van der Waals surface area contributed by atoms with Crippen LogP contribution in [-0.2, 0) is 7.05 Å². The second-order valence-corrected chi connectivity index (χ2v) is 4.50. The van der Waals surface area contributed by atoms with E-state index in [0.717, 1.165) is 21.6 Å². The Kier molecular flexibility index (Phi) is 3.14. The summed E-state index contributed by atoms with van der Waals surface area (Å²) in [5.41, 5.74) is 1.02. The summed E-state index contributed by atoms with van der Waals surface area (Å²) < 4.78 is 1.87. The fraction of sp³-hybridized carbons (Fsp3) is 0.273. The number of aromatic nitrogens is 3. The molecule has 0 radical (unpaired) electrons. The van der Waals surface area contributed by atoms with Gasteiger partial charge in [0.2, 0.25) is 0 Å². The Balaban J connectivity index is 2.23. The zero-order valence-electron chi connectivity index (χ0n) is 9.56. The molecule has 0 saturated carbocycles. The van der Waals surface area contributed by atoms with Crippen LogP contribution in [0, 0.1) is 6.92 Å². The molecule has 2 aromatic rings. The van der Waals surface area contributed by atoms with Crippen LogP contribution in [0.5, 0.6) is 0 Å². The van der Waals surface area contributed by atoms with Crippen molar-refractivity contribution >= 4 is 17.6 Å². The first-order valence-electron chi connectivity index (χ1n) is 5.02. The highest BCUT2D eigenvalue weighted by atomic mass is 32.2. The molecule has 16 heavy (non-hydrogen) atoms. The minimum absolute atomic E-state index is 0.879. The zero-order chi connectivity index (χ0) is 11.5. The van der Waals surface area contributed by atoms with Gasteiger partial charge >= 0.3 is 0 Å². The second kappa shape index (κ2) is 4.57. The Hall–Kier alpha value is -1.49. The number of anilines is 1. The predicted octanol–water partition coefficient (Wildman–Crippen LogP) is 2.32. The summed E-state index contributed by atoms with van der Waals surface area (Å²) in [5, 5.41) is 9.39. The highest BCUT2D eigenvalue weighted by molar-refractivity contribution is 7.99. The van der Waals surface area contributed by atoms with Crippen LogP contribution in [0.3, 0.4) is 0 Å². The fourth-order valence-corrected chi connectivity index (χ4v) is 2.31. The highest BCUT2D eigenvalue weighted by Crippen LogP contribution is 2.26. The largest absolute Gasteiger partial charge is 0.373 e. The monoisotopic (exact) mass is 234 g/mol. The van der Waals surface area contributed by atoms with Gasteiger partial charge in [0.15, 0.2) is 0 Å². The Morgan fingerprint density at radius 3 is 2.81 bits per heavy atom. The molecule has 0 fully saturated rings. The molecule has 0 aromatic carbocycles. The first-order chi connectivity index (χ1) is 7.69. The van der Waals surface area contributed by atoms with Crippen LogP contribution in [0.4, 0.5) is 5.82 Å². The minimum Gasteiger partial charge on any atom is -0.373 e. The van der Waals surface area contributed by atoms with Crippen molar-refractivity contribution in [3.05, 3.63) is 30.0 Å². The number of rotatable bonds is 3. The summed E-state index contributed by atoms with van der Waals surface area (Å²) in [6, 6.07) is 7.98. The quantitative estimate of drug-likeness (QED) is 0.885. The van der Waals surface area contributed by atoms with E-state index in [2.05, 4.69) is 21.5 Å². The van der Waals surface area contributed by atoms with E-state index in [1.54, 1.807) is 11.8 Å². The minimum atomic E-state index is 0.879. The van der Waals surface area contributed by atoms with Gasteiger partial charge in [-0.25, -0.2) is 4.98 Å². The maximum Gasteiger partial charge on any atom is 0.127 e. The van der Waals surface area contributed by atoms with Gasteiger partial charge in [0, 0.05) is 14.1 Å². The average Bonchev–Trinajstić information content (AvgIpc) is 2.58. The third kappa shape index (κ3) is 2.36. The van der Waals surface area contributed by atoms with Crippen molar-refractivity contribution in [2.45, 2.75) is 17.0 Å². The summed E-state index contributed by atoms with van der Waals surface area (Å²) in [7, 11) is 3.81. The molecular weight excluding hydrogens is 220 g/mol. The highest BCUT2D eigenvalue weighted by Gasteiger charge is 2.05. The Morgan fingerprint density at radius 2 is 2.19 bits per heavy atom. The topological polar surface area (TPSA) is 42.7 Å². The van der Waals surface area contributed by atoms with E-state index in [-0.39, 0.29) is 0 Å². The van der Waals surface area contributed by atoms with Gasteiger partial charge in [-0.1, -0.05) is 17.8 Å². The number of hydrogen-bond acceptors (Lipinski definition) is 4. The molecule has 84 valence electrons. The van der Waals surface area contributed by atoms with Crippen molar-refractivity contribution in [1.29, 1.82) is 0 Å². The van der Waals surface area contributed by atoms with Gasteiger partial charge in [0.25, 0.3) is 0 Å². The van der Waals surface area contributed by atoms with E-state index in [4.69, 9.17) is 0 Å². The van der Waals surface area contributed by atoms with Gasteiger partial charge in [0.1, 0.15) is 15.9 Å². The van der Waals surface area contributed by atoms with Gasteiger partial charge in [-0.2, -0.15) is 5.10 Å². The maximum atomic E-state index is 4.45. The lowest BCUT2D eigenvalue weighted by Crippen LogP contribution is -1.94. The molecule has 1 N–H and O–H groups in total. The van der Waals surface area contributed by atoms with E-state index in [0.29, 0.717) is 0 Å². The molecular formula is C11H14N4S. The molecule has 0 bridgehead atoms. The molecule has 2 aromatic heterocycles. The van der Waals surface area contributed by atoms with Crippen molar-refractivity contribution in [2.24, 2.45) is 7.05 Å². The third-order valence-corrected chi connectivity index (χ3v) is 3.18. The third-order valence-electron chi connectivity index (χ3n) is 2.15. The SMILES string of the molecule is CNc1cccc(Sc2cc(C)nn2C)n1. The summed E-state index contributed by atoms with van der Waals surface area (Å²) in [5.74, 6) is 0.879. The number of aryl methyl sites for hydroxylation is 2. The van der Waals surface area contributed by atoms with Gasteiger partial charge in [-0.15, -0.1) is 0 Å². The first kappa shape index (κ1) is 11.0. The molecule has 5 heteroatoms. The van der Waals surface area contributed by atoms with Crippen molar-refractivity contribution in [3.63, 3.8) is 0 Å². The van der Waals surface area contributed by atoms with E-state index in [9.17, 15) is 0 Å². The lowest BCUT2D eigenvalue weighted by molar-refractivity contribution is 0.692. The van der Waals surface area contributed by atoms with Gasteiger partial charge in [-0.05, 0) is 25.1 Å². The fourth-order valence-electron chi connectivity index (χ4n) is 1.40. The molecule has 2 heterocycles. The number of hydrogen-bond donors (Lipinski definition) is 1. The van der Waals surface area contributed by atoms with Crippen LogP contribution in [0.2, 0.25) is 0 Å². The lowest BCUT2D eigenvalue weighted by atomic mass is 10.5. The van der Waals surface area contributed by atoms with E-state index in [1.807, 2.05) is 43.9 Å². The lowest BCUT2D eigenvalue weighted by Gasteiger charge is -2.03. The van der Waals surface area contributed by atoms with E-state index < -0.39 is 0 Å². The predicted molar refractivity (Wildman–Crippen MR) is 65.9 cm³/mol. The van der Waals surface area contributed by atoms with Crippen molar-refractivity contribution in [3.8, 4) is 0 Å². The van der Waals surface area contributed by atoms with Crippen molar-refractivity contribution < 1.29 is 0 Å². The van der Waals surface area contributed by atoms with Crippen LogP contribution in [0.15, 0.2) is 34.3 Å². The Labute approximate surface area is 99.1 Å². The van der Waals surface area contributed by atoms with Crippen LogP contribution < -0.4 is 5.32 Å². The molecule has 0 aliphatic rings. The molecule has 0 saturated heterocycles. The maximum absolute atomic E-state index is 4.45. The molecule has 0 atom stereocenters. The molecule has 2 rings (SSSR count). The normalized spacial score (nSPS) is 10.4. The van der Waals surface area contributed by atoms with Gasteiger partial charge in [-0.3, -0.25) is 4.68 Å².